The van der Waals surface area contributed by atoms with Crippen molar-refractivity contribution in [3.8, 4) is 11.5 Å². The molecule has 0 unspecified atom stereocenters. The van der Waals surface area contributed by atoms with E-state index in [1.807, 2.05) is 13.0 Å². The average Bonchev–Trinajstić information content (AvgIpc) is 2.65. The number of ether oxygens (including phenoxy) is 1. The molecule has 0 aliphatic rings. The van der Waals surface area contributed by atoms with Crippen molar-refractivity contribution in [1.29, 1.82) is 0 Å². The SMILES string of the molecule is CCOc1cc(/C=N/NC(=O)CCNC(=O)c2ccccc2Br)ccc1O. The molecule has 0 fully saturated rings. The number of phenolic OH excluding ortho intramolecular Hbond substituents is 1. The van der Waals surface area contributed by atoms with E-state index in [1.165, 1.54) is 12.3 Å². The van der Waals surface area contributed by atoms with Crippen molar-refractivity contribution < 1.29 is 19.4 Å². The molecule has 27 heavy (non-hydrogen) atoms. The van der Waals surface area contributed by atoms with Crippen molar-refractivity contribution in [3.63, 3.8) is 0 Å². The van der Waals surface area contributed by atoms with E-state index in [-0.39, 0.29) is 30.5 Å². The van der Waals surface area contributed by atoms with Crippen molar-refractivity contribution in [2.24, 2.45) is 5.10 Å². The van der Waals surface area contributed by atoms with Gasteiger partial charge in [0.1, 0.15) is 0 Å². The van der Waals surface area contributed by atoms with Crippen molar-refractivity contribution in [1.82, 2.24) is 10.7 Å². The minimum Gasteiger partial charge on any atom is -0.504 e. The van der Waals surface area contributed by atoms with E-state index in [9.17, 15) is 14.7 Å². The van der Waals surface area contributed by atoms with Gasteiger partial charge in [-0.15, -0.1) is 0 Å². The van der Waals surface area contributed by atoms with Gasteiger partial charge in [0.2, 0.25) is 5.91 Å². The van der Waals surface area contributed by atoms with Gasteiger partial charge in [-0.25, -0.2) is 5.43 Å². The van der Waals surface area contributed by atoms with E-state index in [2.05, 4.69) is 31.8 Å². The number of hydrogen-bond donors (Lipinski definition) is 3. The van der Waals surface area contributed by atoms with Crippen molar-refractivity contribution in [3.05, 3.63) is 58.1 Å². The zero-order chi connectivity index (χ0) is 19.6. The second-order valence-corrected chi connectivity index (χ2v) is 6.29. The van der Waals surface area contributed by atoms with Crippen LogP contribution in [0.25, 0.3) is 0 Å². The van der Waals surface area contributed by atoms with E-state index in [0.717, 1.165) is 0 Å². The predicted octanol–water partition coefficient (Wildman–Crippen LogP) is 2.82. The van der Waals surface area contributed by atoms with Crippen LogP contribution in [0.1, 0.15) is 29.3 Å². The molecular formula is C19H20BrN3O4. The number of carbonyl (C=O) groups excluding carboxylic acids is 2. The highest BCUT2D eigenvalue weighted by Gasteiger charge is 2.09. The van der Waals surface area contributed by atoms with Crippen molar-refractivity contribution in [2.75, 3.05) is 13.2 Å². The molecule has 0 atom stereocenters. The van der Waals surface area contributed by atoms with Crippen LogP contribution in [0.15, 0.2) is 52.0 Å². The standard InChI is InChI=1S/C19H20BrN3O4/c1-2-27-17-11-13(7-8-16(17)24)12-22-23-18(25)9-10-21-19(26)14-5-3-4-6-15(14)20/h3-8,11-12,24H,2,9-10H2,1H3,(H,21,26)(H,23,25)/b22-12+. The Kier molecular flexibility index (Phi) is 7.81. The Morgan fingerprint density at radius 2 is 2.04 bits per heavy atom. The summed E-state index contributed by atoms with van der Waals surface area (Å²) in [6.45, 7) is 2.43. The molecule has 0 radical (unpaired) electrons. The second kappa shape index (κ2) is 10.3. The van der Waals surface area contributed by atoms with Gasteiger partial charge in [0.15, 0.2) is 11.5 Å². The number of hydrogen-bond acceptors (Lipinski definition) is 5. The molecule has 2 rings (SSSR count). The van der Waals surface area contributed by atoms with Gasteiger partial charge in [0.05, 0.1) is 18.4 Å². The summed E-state index contributed by atoms with van der Waals surface area (Å²) in [4.78, 5) is 23.8. The normalized spacial score (nSPS) is 10.6. The molecule has 0 bridgehead atoms. The lowest BCUT2D eigenvalue weighted by molar-refractivity contribution is -0.120. The Labute approximate surface area is 165 Å². The topological polar surface area (TPSA) is 100 Å². The summed E-state index contributed by atoms with van der Waals surface area (Å²) in [5.74, 6) is -0.199. The highest BCUT2D eigenvalue weighted by atomic mass is 79.9. The highest BCUT2D eigenvalue weighted by molar-refractivity contribution is 9.10. The third-order valence-corrected chi connectivity index (χ3v) is 4.13. The fourth-order valence-electron chi connectivity index (χ4n) is 2.15. The van der Waals surface area contributed by atoms with Crippen molar-refractivity contribution in [2.45, 2.75) is 13.3 Å². The quantitative estimate of drug-likeness (QED) is 0.440. The molecule has 0 aliphatic carbocycles. The molecule has 0 spiro atoms. The number of phenols is 1. The first-order chi connectivity index (χ1) is 13.0. The predicted molar refractivity (Wildman–Crippen MR) is 106 cm³/mol. The van der Waals surface area contributed by atoms with Gasteiger partial charge in [0.25, 0.3) is 5.91 Å². The fraction of sp³-hybridized carbons (Fsp3) is 0.211. The molecule has 0 aliphatic heterocycles. The Balaban J connectivity index is 1.78. The summed E-state index contributed by atoms with van der Waals surface area (Å²) in [6.07, 6.45) is 1.53. The van der Waals surface area contributed by atoms with Crippen molar-refractivity contribution >= 4 is 34.0 Å². The van der Waals surface area contributed by atoms with Gasteiger partial charge in [-0.05, 0) is 58.7 Å². The second-order valence-electron chi connectivity index (χ2n) is 5.44. The summed E-state index contributed by atoms with van der Waals surface area (Å²) in [5.41, 5.74) is 3.56. The minimum atomic E-state index is -0.331. The Hall–Kier alpha value is -2.87. The molecule has 0 heterocycles. The number of amides is 2. The maximum atomic E-state index is 12.0. The average molecular weight is 434 g/mol. The van der Waals surface area contributed by atoms with Crippen LogP contribution in [0.4, 0.5) is 0 Å². The summed E-state index contributed by atoms with van der Waals surface area (Å²) in [7, 11) is 0. The number of hydrazone groups is 1. The lowest BCUT2D eigenvalue weighted by Crippen LogP contribution is -2.29. The Bertz CT molecular complexity index is 839. The number of nitrogens with zero attached hydrogens (tertiary/aromatic N) is 1. The number of benzene rings is 2. The van der Waals surface area contributed by atoms with Crippen LogP contribution in [0.2, 0.25) is 0 Å². The molecule has 142 valence electrons. The van der Waals surface area contributed by atoms with Crippen LogP contribution in [0.3, 0.4) is 0 Å². The van der Waals surface area contributed by atoms with Crippen LogP contribution in [0.5, 0.6) is 11.5 Å². The maximum absolute atomic E-state index is 12.0. The van der Waals surface area contributed by atoms with Gasteiger partial charge < -0.3 is 15.2 Å². The lowest BCUT2D eigenvalue weighted by atomic mass is 10.2. The smallest absolute Gasteiger partial charge is 0.252 e. The third kappa shape index (κ3) is 6.41. The molecule has 3 N–H and O–H groups in total. The summed E-state index contributed by atoms with van der Waals surface area (Å²) < 4.78 is 5.97. The highest BCUT2D eigenvalue weighted by Crippen LogP contribution is 2.26. The number of carbonyl (C=O) groups is 2. The molecular weight excluding hydrogens is 414 g/mol. The molecule has 7 nitrogen and oxygen atoms in total. The van der Waals surface area contributed by atoms with Crippen LogP contribution in [-0.4, -0.2) is 36.3 Å². The largest absolute Gasteiger partial charge is 0.504 e. The molecule has 0 saturated heterocycles. The van der Waals surface area contributed by atoms with Crippen LogP contribution >= 0.6 is 15.9 Å². The molecule has 0 aromatic heterocycles. The first-order valence-electron chi connectivity index (χ1n) is 8.31. The van der Waals surface area contributed by atoms with Crippen LogP contribution < -0.4 is 15.5 Å². The summed E-state index contributed by atoms with van der Waals surface area (Å²) in [5, 5.41) is 16.2. The number of aromatic hydroxyl groups is 1. The molecule has 2 aromatic rings. The van der Waals surface area contributed by atoms with E-state index in [0.29, 0.717) is 28.0 Å². The van der Waals surface area contributed by atoms with Gasteiger partial charge in [0, 0.05) is 17.4 Å². The maximum Gasteiger partial charge on any atom is 0.252 e. The number of nitrogens with one attached hydrogen (secondary N) is 2. The summed E-state index contributed by atoms with van der Waals surface area (Å²) in [6, 6.07) is 11.8. The van der Waals surface area contributed by atoms with E-state index in [4.69, 9.17) is 4.74 Å². The fourth-order valence-corrected chi connectivity index (χ4v) is 2.61. The molecule has 2 amide bonds. The van der Waals surface area contributed by atoms with Gasteiger partial charge in [-0.3, -0.25) is 9.59 Å². The van der Waals surface area contributed by atoms with E-state index < -0.39 is 0 Å². The monoisotopic (exact) mass is 433 g/mol. The van der Waals surface area contributed by atoms with E-state index >= 15 is 0 Å². The lowest BCUT2D eigenvalue weighted by Gasteiger charge is -2.06. The van der Waals surface area contributed by atoms with Crippen LogP contribution in [-0.2, 0) is 4.79 Å². The zero-order valence-corrected chi connectivity index (χ0v) is 16.3. The first kappa shape index (κ1) is 20.4. The first-order valence-corrected chi connectivity index (χ1v) is 9.11. The van der Waals surface area contributed by atoms with Gasteiger partial charge in [-0.1, -0.05) is 12.1 Å². The van der Waals surface area contributed by atoms with Gasteiger partial charge in [-0.2, -0.15) is 5.10 Å². The number of rotatable bonds is 8. The van der Waals surface area contributed by atoms with Crippen LogP contribution in [0, 0.1) is 0 Å². The Morgan fingerprint density at radius 1 is 1.26 bits per heavy atom. The van der Waals surface area contributed by atoms with E-state index in [1.54, 1.807) is 30.3 Å². The summed E-state index contributed by atoms with van der Waals surface area (Å²) >= 11 is 3.31. The third-order valence-electron chi connectivity index (χ3n) is 3.44. The van der Waals surface area contributed by atoms with Gasteiger partial charge >= 0.3 is 0 Å². The number of halogens is 1. The molecule has 0 saturated carbocycles. The molecule has 8 heteroatoms. The zero-order valence-electron chi connectivity index (χ0n) is 14.7. The molecule has 2 aromatic carbocycles. The minimum absolute atomic E-state index is 0.0406. The Morgan fingerprint density at radius 3 is 2.78 bits per heavy atom.